The van der Waals surface area contributed by atoms with E-state index in [0.717, 1.165) is 31.2 Å². The van der Waals surface area contributed by atoms with Crippen molar-refractivity contribution < 1.29 is 9.59 Å². The van der Waals surface area contributed by atoms with Crippen molar-refractivity contribution in [3.63, 3.8) is 0 Å². The van der Waals surface area contributed by atoms with E-state index in [1.807, 2.05) is 18.2 Å². The van der Waals surface area contributed by atoms with Crippen molar-refractivity contribution in [3.05, 3.63) is 70.7 Å². The molecular weight excluding hydrogens is 360 g/mol. The molecule has 0 atom stereocenters. The van der Waals surface area contributed by atoms with Crippen molar-refractivity contribution in [2.24, 2.45) is 4.99 Å². The van der Waals surface area contributed by atoms with Crippen molar-refractivity contribution in [1.82, 2.24) is 5.32 Å². The molecule has 2 amide bonds. The SMILES string of the molecule is O=C(NC1CCCCC1)C(Cc1ccc(Cl)cc1)=NC(=O)c1ccccc1. The molecular formula is C22H23ClN2O2. The van der Waals surface area contributed by atoms with Gasteiger partial charge in [-0.15, -0.1) is 0 Å². The van der Waals surface area contributed by atoms with Gasteiger partial charge in [-0.05, 0) is 42.7 Å². The Kier molecular flexibility index (Phi) is 6.77. The second kappa shape index (κ2) is 9.47. The Bertz CT molecular complexity index is 810. The molecule has 0 saturated heterocycles. The first kappa shape index (κ1) is 19.3. The number of hydrogen-bond acceptors (Lipinski definition) is 2. The van der Waals surface area contributed by atoms with Gasteiger partial charge in [0.15, 0.2) is 0 Å². The highest BCUT2D eigenvalue weighted by atomic mass is 35.5. The molecule has 0 unspecified atom stereocenters. The third-order valence-electron chi connectivity index (χ3n) is 4.74. The molecule has 140 valence electrons. The standard InChI is InChI=1S/C22H23ClN2O2/c23-18-13-11-16(12-14-18)15-20(22(27)24-19-9-5-2-6-10-19)25-21(26)17-7-3-1-4-8-17/h1,3-4,7-8,11-14,19H,2,5-6,9-10,15H2,(H,24,27). The fourth-order valence-corrected chi connectivity index (χ4v) is 3.38. The van der Waals surface area contributed by atoms with Gasteiger partial charge in [-0.1, -0.05) is 61.2 Å². The van der Waals surface area contributed by atoms with E-state index in [0.29, 0.717) is 10.6 Å². The highest BCUT2D eigenvalue weighted by Crippen LogP contribution is 2.18. The van der Waals surface area contributed by atoms with E-state index in [1.54, 1.807) is 36.4 Å². The van der Waals surface area contributed by atoms with Crippen LogP contribution in [0.1, 0.15) is 48.0 Å². The average Bonchev–Trinajstić information content (AvgIpc) is 2.70. The predicted octanol–water partition coefficient (Wildman–Crippen LogP) is 4.61. The Morgan fingerprint density at radius 3 is 2.30 bits per heavy atom. The molecule has 0 aliphatic heterocycles. The van der Waals surface area contributed by atoms with E-state index in [9.17, 15) is 9.59 Å². The lowest BCUT2D eigenvalue weighted by Crippen LogP contribution is -2.41. The van der Waals surface area contributed by atoms with Gasteiger partial charge in [0.2, 0.25) is 0 Å². The van der Waals surface area contributed by atoms with Crippen LogP contribution < -0.4 is 5.32 Å². The molecule has 5 heteroatoms. The van der Waals surface area contributed by atoms with Gasteiger partial charge < -0.3 is 5.32 Å². The van der Waals surface area contributed by atoms with Crippen LogP contribution in [0.25, 0.3) is 0 Å². The van der Waals surface area contributed by atoms with Gasteiger partial charge in [0, 0.05) is 23.0 Å². The van der Waals surface area contributed by atoms with Gasteiger partial charge in [0.25, 0.3) is 11.8 Å². The number of rotatable bonds is 5. The summed E-state index contributed by atoms with van der Waals surface area (Å²) < 4.78 is 0. The normalized spacial score (nSPS) is 15.4. The summed E-state index contributed by atoms with van der Waals surface area (Å²) in [4.78, 5) is 29.5. The molecule has 2 aromatic carbocycles. The van der Waals surface area contributed by atoms with Crippen LogP contribution in [0.2, 0.25) is 5.02 Å². The molecule has 0 heterocycles. The van der Waals surface area contributed by atoms with Gasteiger partial charge in [-0.3, -0.25) is 9.59 Å². The average molecular weight is 383 g/mol. The van der Waals surface area contributed by atoms with Crippen LogP contribution in [0.3, 0.4) is 0 Å². The van der Waals surface area contributed by atoms with Gasteiger partial charge >= 0.3 is 0 Å². The highest BCUT2D eigenvalue weighted by Gasteiger charge is 2.20. The molecule has 1 N–H and O–H groups in total. The van der Waals surface area contributed by atoms with E-state index in [-0.39, 0.29) is 24.1 Å². The highest BCUT2D eigenvalue weighted by molar-refractivity contribution is 6.41. The van der Waals surface area contributed by atoms with E-state index in [4.69, 9.17) is 11.6 Å². The molecule has 0 radical (unpaired) electrons. The molecule has 1 aliphatic rings. The van der Waals surface area contributed by atoms with Gasteiger partial charge in [0.05, 0.1) is 0 Å². The number of amides is 2. The molecule has 27 heavy (non-hydrogen) atoms. The molecule has 1 aliphatic carbocycles. The number of nitrogens with zero attached hydrogens (tertiary/aromatic N) is 1. The summed E-state index contributed by atoms with van der Waals surface area (Å²) in [6.45, 7) is 0. The summed E-state index contributed by atoms with van der Waals surface area (Å²) in [6, 6.07) is 16.2. The van der Waals surface area contributed by atoms with Gasteiger partial charge in [-0.25, -0.2) is 4.99 Å². The van der Waals surface area contributed by atoms with E-state index < -0.39 is 5.91 Å². The molecule has 0 bridgehead atoms. The number of carbonyl (C=O) groups excluding carboxylic acids is 2. The van der Waals surface area contributed by atoms with Crippen molar-refractivity contribution in [3.8, 4) is 0 Å². The zero-order valence-electron chi connectivity index (χ0n) is 15.2. The van der Waals surface area contributed by atoms with Crippen LogP contribution in [-0.4, -0.2) is 23.6 Å². The zero-order valence-corrected chi connectivity index (χ0v) is 15.9. The quantitative estimate of drug-likeness (QED) is 0.767. The lowest BCUT2D eigenvalue weighted by molar-refractivity contribution is -0.115. The Balaban J connectivity index is 1.80. The smallest absolute Gasteiger partial charge is 0.277 e. The van der Waals surface area contributed by atoms with Crippen molar-refractivity contribution in [1.29, 1.82) is 0 Å². The topological polar surface area (TPSA) is 58.5 Å². The third kappa shape index (κ3) is 5.76. The first-order chi connectivity index (χ1) is 13.1. The van der Waals surface area contributed by atoms with Gasteiger partial charge in [0.1, 0.15) is 5.71 Å². The number of halogens is 1. The van der Waals surface area contributed by atoms with E-state index >= 15 is 0 Å². The second-order valence-corrected chi connectivity index (χ2v) is 7.28. The molecule has 2 aromatic rings. The van der Waals surface area contributed by atoms with E-state index in [2.05, 4.69) is 10.3 Å². The minimum atomic E-state index is -0.404. The summed E-state index contributed by atoms with van der Waals surface area (Å²) in [5, 5.41) is 3.69. The van der Waals surface area contributed by atoms with Crippen LogP contribution in [0, 0.1) is 0 Å². The Morgan fingerprint density at radius 2 is 1.63 bits per heavy atom. The maximum Gasteiger partial charge on any atom is 0.277 e. The lowest BCUT2D eigenvalue weighted by Gasteiger charge is -2.23. The monoisotopic (exact) mass is 382 g/mol. The van der Waals surface area contributed by atoms with Crippen molar-refractivity contribution in [2.75, 3.05) is 0 Å². The number of nitrogens with one attached hydrogen (secondary N) is 1. The van der Waals surface area contributed by atoms with Crippen LogP contribution in [0.4, 0.5) is 0 Å². The summed E-state index contributed by atoms with van der Waals surface area (Å²) in [5.74, 6) is -0.667. The van der Waals surface area contributed by atoms with Crippen LogP contribution in [-0.2, 0) is 11.2 Å². The number of benzene rings is 2. The molecule has 0 spiro atoms. The number of carbonyl (C=O) groups is 2. The Hall–Kier alpha value is -2.46. The summed E-state index contributed by atoms with van der Waals surface area (Å²) in [6.07, 6.45) is 5.70. The zero-order chi connectivity index (χ0) is 19.1. The predicted molar refractivity (Wildman–Crippen MR) is 108 cm³/mol. The Labute approximate surface area is 164 Å². The number of hydrogen-bond donors (Lipinski definition) is 1. The van der Waals surface area contributed by atoms with Gasteiger partial charge in [-0.2, -0.15) is 0 Å². The van der Waals surface area contributed by atoms with Crippen LogP contribution in [0.5, 0.6) is 0 Å². The second-order valence-electron chi connectivity index (χ2n) is 6.84. The Morgan fingerprint density at radius 1 is 0.963 bits per heavy atom. The maximum atomic E-state index is 12.8. The maximum absolute atomic E-state index is 12.8. The largest absolute Gasteiger partial charge is 0.348 e. The first-order valence-electron chi connectivity index (χ1n) is 9.34. The molecule has 1 saturated carbocycles. The summed E-state index contributed by atoms with van der Waals surface area (Å²) >= 11 is 5.94. The first-order valence-corrected chi connectivity index (χ1v) is 9.72. The molecule has 0 aromatic heterocycles. The minimum absolute atomic E-state index is 0.161. The summed E-state index contributed by atoms with van der Waals surface area (Å²) in [5.41, 5.74) is 1.59. The van der Waals surface area contributed by atoms with Crippen molar-refractivity contribution >= 4 is 29.1 Å². The molecule has 4 nitrogen and oxygen atoms in total. The lowest BCUT2D eigenvalue weighted by atomic mass is 9.95. The fraction of sp³-hybridized carbons (Fsp3) is 0.318. The summed E-state index contributed by atoms with van der Waals surface area (Å²) in [7, 11) is 0. The van der Waals surface area contributed by atoms with E-state index in [1.165, 1.54) is 6.42 Å². The third-order valence-corrected chi connectivity index (χ3v) is 5.00. The van der Waals surface area contributed by atoms with Crippen molar-refractivity contribution in [2.45, 2.75) is 44.6 Å². The fourth-order valence-electron chi connectivity index (χ4n) is 3.25. The minimum Gasteiger partial charge on any atom is -0.348 e. The van der Waals surface area contributed by atoms with Crippen LogP contribution in [0.15, 0.2) is 59.6 Å². The number of aliphatic imine (C=N–C) groups is 1. The molecule has 3 rings (SSSR count). The molecule has 1 fully saturated rings. The van der Waals surface area contributed by atoms with Crippen LogP contribution >= 0.6 is 11.6 Å².